The van der Waals surface area contributed by atoms with Crippen LogP contribution in [0.15, 0.2) is 29.3 Å². The predicted octanol–water partition coefficient (Wildman–Crippen LogP) is 2.93. The first-order valence-electron chi connectivity index (χ1n) is 11.1. The topological polar surface area (TPSA) is 60.4 Å². The third-order valence-corrected chi connectivity index (χ3v) is 6.20. The second kappa shape index (κ2) is 9.94. The second-order valence-electron chi connectivity index (χ2n) is 9.66. The van der Waals surface area contributed by atoms with Gasteiger partial charge in [0.15, 0.2) is 5.96 Å². The number of benzene rings is 1. The molecule has 0 saturated carbocycles. The molecule has 2 unspecified atom stereocenters. The van der Waals surface area contributed by atoms with Crippen LogP contribution >= 0.6 is 24.0 Å². The minimum absolute atomic E-state index is 0. The maximum atomic E-state index is 12.4. The van der Waals surface area contributed by atoms with Crippen molar-refractivity contribution in [1.82, 2.24) is 20.0 Å². The summed E-state index contributed by atoms with van der Waals surface area (Å²) in [5.41, 5.74) is 2.48. The van der Waals surface area contributed by atoms with E-state index in [1.165, 1.54) is 11.1 Å². The van der Waals surface area contributed by atoms with Crippen LogP contribution in [0.1, 0.15) is 38.8 Å². The Bertz CT molecular complexity index is 809. The Balaban J connectivity index is 0.00000272. The summed E-state index contributed by atoms with van der Waals surface area (Å²) in [4.78, 5) is 23.8. The zero-order valence-corrected chi connectivity index (χ0v) is 21.5. The molecule has 1 aromatic rings. The molecule has 0 aliphatic carbocycles. The largest absolute Gasteiger partial charge is 0.444 e. The fraction of sp³-hybridized carbons (Fsp3) is 0.652. The number of nitrogens with one attached hydrogen (secondary N) is 1. The molecule has 172 valence electrons. The molecule has 8 heteroatoms. The number of rotatable bonds is 3. The number of piperazine rings is 1. The van der Waals surface area contributed by atoms with Crippen molar-refractivity contribution in [3.8, 4) is 0 Å². The Labute approximate surface area is 203 Å². The lowest BCUT2D eigenvalue weighted by Crippen LogP contribution is -2.58. The van der Waals surface area contributed by atoms with Crippen LogP contribution in [0.25, 0.3) is 0 Å². The number of carbonyl (C=O) groups excluding carboxylic acids is 1. The van der Waals surface area contributed by atoms with Gasteiger partial charge in [0.1, 0.15) is 5.60 Å². The summed E-state index contributed by atoms with van der Waals surface area (Å²) in [6.45, 7) is 13.9. The molecule has 3 aliphatic heterocycles. The maximum Gasteiger partial charge on any atom is 0.410 e. The second-order valence-corrected chi connectivity index (χ2v) is 9.66. The van der Waals surface area contributed by atoms with Crippen LogP contribution in [-0.4, -0.2) is 83.7 Å². The van der Waals surface area contributed by atoms with E-state index in [-0.39, 0.29) is 36.1 Å². The Morgan fingerprint density at radius 1 is 1.23 bits per heavy atom. The molecule has 31 heavy (non-hydrogen) atoms. The van der Waals surface area contributed by atoms with Crippen molar-refractivity contribution < 1.29 is 9.53 Å². The van der Waals surface area contributed by atoms with E-state index in [4.69, 9.17) is 9.73 Å². The van der Waals surface area contributed by atoms with Gasteiger partial charge < -0.3 is 19.9 Å². The molecular weight excluding hydrogens is 505 g/mol. The smallest absolute Gasteiger partial charge is 0.410 e. The molecule has 2 atom stereocenters. The monoisotopic (exact) mass is 541 g/mol. The molecular formula is C23H36IN5O2. The number of hydrogen-bond donors (Lipinski definition) is 1. The molecule has 0 aromatic heterocycles. The summed E-state index contributed by atoms with van der Waals surface area (Å²) >= 11 is 0. The lowest BCUT2D eigenvalue weighted by atomic mass is 9.99. The van der Waals surface area contributed by atoms with Crippen molar-refractivity contribution in [2.75, 3.05) is 39.3 Å². The Hall–Kier alpha value is -1.55. The highest BCUT2D eigenvalue weighted by Crippen LogP contribution is 2.21. The SMILES string of the molecule is CC(CNC1=NCC2CN(C(=O)OC(C)(C)C)CCN12)N1CCc2ccccc2C1.I. The predicted molar refractivity (Wildman–Crippen MR) is 134 cm³/mol. The Morgan fingerprint density at radius 2 is 1.97 bits per heavy atom. The lowest BCUT2D eigenvalue weighted by Gasteiger charge is -2.39. The molecule has 0 radical (unpaired) electrons. The first-order chi connectivity index (χ1) is 14.3. The summed E-state index contributed by atoms with van der Waals surface area (Å²) in [5, 5.41) is 3.58. The van der Waals surface area contributed by atoms with Gasteiger partial charge in [-0.05, 0) is 45.2 Å². The van der Waals surface area contributed by atoms with Crippen molar-refractivity contribution in [1.29, 1.82) is 0 Å². The highest BCUT2D eigenvalue weighted by molar-refractivity contribution is 14.0. The molecule has 1 fully saturated rings. The Kier molecular flexibility index (Phi) is 7.72. The highest BCUT2D eigenvalue weighted by Gasteiger charge is 2.36. The van der Waals surface area contributed by atoms with Gasteiger partial charge in [-0.1, -0.05) is 24.3 Å². The van der Waals surface area contributed by atoms with Gasteiger partial charge in [-0.15, -0.1) is 24.0 Å². The van der Waals surface area contributed by atoms with Crippen molar-refractivity contribution in [2.45, 2.75) is 58.3 Å². The number of hydrogen-bond acceptors (Lipinski definition) is 6. The summed E-state index contributed by atoms with van der Waals surface area (Å²) in [6.07, 6.45) is 0.901. The number of ether oxygens (including phenoxy) is 1. The number of amides is 1. The fourth-order valence-electron chi connectivity index (χ4n) is 4.48. The highest BCUT2D eigenvalue weighted by atomic mass is 127. The average molecular weight is 541 g/mol. The van der Waals surface area contributed by atoms with Crippen molar-refractivity contribution in [3.63, 3.8) is 0 Å². The number of nitrogens with zero attached hydrogens (tertiary/aromatic N) is 4. The van der Waals surface area contributed by atoms with Gasteiger partial charge in [0.2, 0.25) is 0 Å². The quantitative estimate of drug-likeness (QED) is 0.597. The molecule has 1 saturated heterocycles. The minimum atomic E-state index is -0.460. The molecule has 7 nitrogen and oxygen atoms in total. The summed E-state index contributed by atoms with van der Waals surface area (Å²) in [5.74, 6) is 0.980. The van der Waals surface area contributed by atoms with Crippen LogP contribution < -0.4 is 5.32 Å². The summed E-state index contributed by atoms with van der Waals surface area (Å²) < 4.78 is 5.53. The van der Waals surface area contributed by atoms with Gasteiger partial charge in [-0.3, -0.25) is 9.89 Å². The molecule has 1 aromatic carbocycles. The van der Waals surface area contributed by atoms with Gasteiger partial charge in [0.05, 0.1) is 12.6 Å². The van der Waals surface area contributed by atoms with Crippen molar-refractivity contribution in [2.24, 2.45) is 4.99 Å². The molecule has 1 amide bonds. The van der Waals surface area contributed by atoms with Crippen molar-refractivity contribution in [3.05, 3.63) is 35.4 Å². The van der Waals surface area contributed by atoms with Crippen LogP contribution in [0.2, 0.25) is 0 Å². The molecule has 3 heterocycles. The maximum absolute atomic E-state index is 12.4. The van der Waals surface area contributed by atoms with Gasteiger partial charge in [-0.25, -0.2) is 4.79 Å². The first-order valence-corrected chi connectivity index (χ1v) is 11.1. The lowest BCUT2D eigenvalue weighted by molar-refractivity contribution is 0.0137. The van der Waals surface area contributed by atoms with Crippen LogP contribution in [0, 0.1) is 0 Å². The number of halogens is 1. The van der Waals surface area contributed by atoms with Gasteiger partial charge in [0.25, 0.3) is 0 Å². The average Bonchev–Trinajstić information content (AvgIpc) is 3.12. The van der Waals surface area contributed by atoms with Gasteiger partial charge >= 0.3 is 6.09 Å². The zero-order chi connectivity index (χ0) is 21.3. The zero-order valence-electron chi connectivity index (χ0n) is 19.1. The number of guanidine groups is 1. The molecule has 4 rings (SSSR count). The van der Waals surface area contributed by atoms with Crippen LogP contribution in [0.3, 0.4) is 0 Å². The van der Waals surface area contributed by atoms with Crippen LogP contribution in [0.4, 0.5) is 4.79 Å². The van der Waals surface area contributed by atoms with E-state index in [2.05, 4.69) is 46.3 Å². The number of fused-ring (bicyclic) bond motifs is 2. The molecule has 3 aliphatic rings. The number of carbonyl (C=O) groups is 1. The minimum Gasteiger partial charge on any atom is -0.444 e. The van der Waals surface area contributed by atoms with Crippen LogP contribution in [-0.2, 0) is 17.7 Å². The van der Waals surface area contributed by atoms with E-state index in [1.807, 2.05) is 25.7 Å². The number of aliphatic imine (C=N–C) groups is 1. The van der Waals surface area contributed by atoms with Gasteiger partial charge in [0, 0.05) is 45.3 Å². The van der Waals surface area contributed by atoms with E-state index >= 15 is 0 Å². The van der Waals surface area contributed by atoms with Gasteiger partial charge in [-0.2, -0.15) is 0 Å². The van der Waals surface area contributed by atoms with E-state index < -0.39 is 5.60 Å². The fourth-order valence-corrected chi connectivity index (χ4v) is 4.48. The summed E-state index contributed by atoms with van der Waals surface area (Å²) in [6, 6.07) is 9.44. The first kappa shape index (κ1) is 24.1. The third-order valence-electron chi connectivity index (χ3n) is 6.20. The third kappa shape index (κ3) is 5.83. The van der Waals surface area contributed by atoms with E-state index in [1.54, 1.807) is 0 Å². The van der Waals surface area contributed by atoms with E-state index in [9.17, 15) is 4.79 Å². The molecule has 0 spiro atoms. The molecule has 0 bridgehead atoms. The van der Waals surface area contributed by atoms with Crippen LogP contribution in [0.5, 0.6) is 0 Å². The summed E-state index contributed by atoms with van der Waals surface area (Å²) in [7, 11) is 0. The van der Waals surface area contributed by atoms with E-state index in [0.29, 0.717) is 19.1 Å². The van der Waals surface area contributed by atoms with E-state index in [0.717, 1.165) is 45.1 Å². The molecule has 1 N–H and O–H groups in total. The standard InChI is InChI=1S/C23H35N5O2.HI/c1-17(26-10-9-18-7-5-6-8-19(18)15-26)13-24-21-25-14-20-16-27(11-12-28(20)21)22(29)30-23(2,3)4;/h5-8,17,20H,9-16H2,1-4H3,(H,24,25);1H. The normalized spacial score (nSPS) is 22.1. The van der Waals surface area contributed by atoms with Crippen molar-refractivity contribution >= 4 is 36.0 Å². The Morgan fingerprint density at radius 3 is 2.71 bits per heavy atom.